The summed E-state index contributed by atoms with van der Waals surface area (Å²) in [5, 5.41) is 0. The lowest BCUT2D eigenvalue weighted by atomic mass is 10.2. The van der Waals surface area contributed by atoms with Crippen LogP contribution < -0.4 is 0 Å². The first kappa shape index (κ1) is 7.30. The van der Waals surface area contributed by atoms with Gasteiger partial charge in [0, 0.05) is 0 Å². The molecular weight excluding hydrogens is 96.1 g/mol. The largest absolute Gasteiger partial charge is 0.0750 e. The average molecular weight is 108 g/mol. The van der Waals surface area contributed by atoms with E-state index in [1.165, 1.54) is 5.57 Å². The average Bonchev–Trinajstić information content (AvgIpc) is 1.83. The molecular formula is C8H12. The van der Waals surface area contributed by atoms with E-state index in [9.17, 15) is 0 Å². The molecule has 0 saturated heterocycles. The topological polar surface area (TPSA) is 0 Å². The van der Waals surface area contributed by atoms with E-state index in [1.807, 2.05) is 13.0 Å². The van der Waals surface area contributed by atoms with Gasteiger partial charge in [-0.15, -0.1) is 0 Å². The molecule has 0 radical (unpaired) electrons. The van der Waals surface area contributed by atoms with Crippen molar-refractivity contribution in [2.45, 2.75) is 27.2 Å². The van der Waals surface area contributed by atoms with Gasteiger partial charge in [-0.05, 0) is 31.9 Å². The molecule has 0 aliphatic carbocycles. The lowest BCUT2D eigenvalue weighted by Gasteiger charge is -1.80. The van der Waals surface area contributed by atoms with E-state index >= 15 is 0 Å². The molecule has 0 aromatic carbocycles. The van der Waals surface area contributed by atoms with Crippen LogP contribution >= 0.6 is 0 Å². The summed E-state index contributed by atoms with van der Waals surface area (Å²) in [6.07, 6.45) is 2.93. The highest BCUT2D eigenvalue weighted by molar-refractivity contribution is 4.96. The minimum Gasteiger partial charge on any atom is -0.0750 e. The number of allylic oxidation sites excluding steroid dienone is 2. The molecule has 0 unspecified atom stereocenters. The highest BCUT2D eigenvalue weighted by Crippen LogP contribution is 1.92. The van der Waals surface area contributed by atoms with Crippen molar-refractivity contribution in [1.82, 2.24) is 0 Å². The fourth-order valence-corrected chi connectivity index (χ4v) is 0.284. The van der Waals surface area contributed by atoms with Crippen molar-refractivity contribution in [1.29, 1.82) is 0 Å². The van der Waals surface area contributed by atoms with Crippen LogP contribution in [-0.2, 0) is 0 Å². The first-order valence-corrected chi connectivity index (χ1v) is 2.93. The summed E-state index contributed by atoms with van der Waals surface area (Å²) in [4.78, 5) is 0. The first-order valence-electron chi connectivity index (χ1n) is 2.93. The Labute approximate surface area is 51.2 Å². The second kappa shape index (κ2) is 4.46. The van der Waals surface area contributed by atoms with E-state index in [0.29, 0.717) is 0 Å². The Morgan fingerprint density at radius 2 is 2.25 bits per heavy atom. The third-order valence-corrected chi connectivity index (χ3v) is 0.960. The van der Waals surface area contributed by atoms with Crippen LogP contribution in [0.25, 0.3) is 0 Å². The maximum absolute atomic E-state index is 2.99. The van der Waals surface area contributed by atoms with Crippen LogP contribution in [0.5, 0.6) is 0 Å². The van der Waals surface area contributed by atoms with E-state index in [0.717, 1.165) is 6.42 Å². The Balaban J connectivity index is 4.14. The zero-order chi connectivity index (χ0) is 6.41. The Morgan fingerprint density at radius 1 is 1.62 bits per heavy atom. The zero-order valence-corrected chi connectivity index (χ0v) is 5.78. The molecule has 0 nitrogen and oxygen atoms in total. The Hall–Kier alpha value is -0.700. The summed E-state index contributed by atoms with van der Waals surface area (Å²) in [5.41, 5.74) is 7.13. The molecule has 0 aromatic rings. The monoisotopic (exact) mass is 108 g/mol. The van der Waals surface area contributed by atoms with Crippen LogP contribution in [-0.4, -0.2) is 0 Å². The van der Waals surface area contributed by atoms with Gasteiger partial charge in [-0.3, -0.25) is 0 Å². The van der Waals surface area contributed by atoms with Crippen molar-refractivity contribution in [2.75, 3.05) is 0 Å². The molecule has 8 heavy (non-hydrogen) atoms. The minimum atomic E-state index is 1.07. The van der Waals surface area contributed by atoms with Gasteiger partial charge in [0.1, 0.15) is 0 Å². The summed E-state index contributed by atoms with van der Waals surface area (Å²) >= 11 is 0. The number of rotatable bonds is 1. The first-order chi connectivity index (χ1) is 3.81. The molecule has 0 N–H and O–H groups in total. The van der Waals surface area contributed by atoms with Crippen molar-refractivity contribution in [2.24, 2.45) is 0 Å². The Morgan fingerprint density at radius 3 is 2.62 bits per heavy atom. The predicted octanol–water partition coefficient (Wildman–Crippen LogP) is 2.67. The standard InChI is InChI=1S/C8H12/c1-4-6-7-8(3)5-2/h4H,5H2,1-3H3. The highest BCUT2D eigenvalue weighted by atomic mass is 13.8. The summed E-state index contributed by atoms with van der Waals surface area (Å²) in [7, 11) is 0. The molecule has 0 heterocycles. The second-order valence-corrected chi connectivity index (χ2v) is 1.69. The van der Waals surface area contributed by atoms with E-state index in [4.69, 9.17) is 0 Å². The number of hydrogen-bond acceptors (Lipinski definition) is 0. The molecule has 0 saturated carbocycles. The maximum Gasteiger partial charge on any atom is -0.0233 e. The van der Waals surface area contributed by atoms with Crippen LogP contribution in [0.1, 0.15) is 27.2 Å². The fraction of sp³-hybridized carbons (Fsp3) is 0.500. The SMILES string of the molecule is CC=C=C=C(C)CC. The van der Waals surface area contributed by atoms with Gasteiger partial charge in [0.25, 0.3) is 0 Å². The van der Waals surface area contributed by atoms with E-state index < -0.39 is 0 Å². The van der Waals surface area contributed by atoms with Gasteiger partial charge in [0.15, 0.2) is 0 Å². The zero-order valence-electron chi connectivity index (χ0n) is 5.78. The summed E-state index contributed by atoms with van der Waals surface area (Å²) in [6, 6.07) is 0. The van der Waals surface area contributed by atoms with E-state index in [-0.39, 0.29) is 0 Å². The van der Waals surface area contributed by atoms with Gasteiger partial charge >= 0.3 is 0 Å². The van der Waals surface area contributed by atoms with Crippen molar-refractivity contribution >= 4 is 0 Å². The van der Waals surface area contributed by atoms with Crippen LogP contribution in [0.15, 0.2) is 23.1 Å². The predicted molar refractivity (Wildman–Crippen MR) is 36.7 cm³/mol. The lowest BCUT2D eigenvalue weighted by Crippen LogP contribution is -1.61. The van der Waals surface area contributed by atoms with Crippen molar-refractivity contribution < 1.29 is 0 Å². The molecule has 0 aliphatic rings. The Bertz CT molecular complexity index is 139. The molecule has 0 aliphatic heterocycles. The van der Waals surface area contributed by atoms with Crippen molar-refractivity contribution in [3.8, 4) is 0 Å². The van der Waals surface area contributed by atoms with Gasteiger partial charge in [0.05, 0.1) is 0 Å². The molecule has 0 rings (SSSR count). The highest BCUT2D eigenvalue weighted by Gasteiger charge is 1.73. The van der Waals surface area contributed by atoms with Crippen LogP contribution in [0.4, 0.5) is 0 Å². The molecule has 0 amide bonds. The molecule has 44 valence electrons. The maximum atomic E-state index is 2.99. The third kappa shape index (κ3) is 3.49. The number of hydrogen-bond donors (Lipinski definition) is 0. The van der Waals surface area contributed by atoms with Crippen molar-refractivity contribution in [3.05, 3.63) is 23.1 Å². The van der Waals surface area contributed by atoms with Crippen LogP contribution in [0.2, 0.25) is 0 Å². The van der Waals surface area contributed by atoms with E-state index in [2.05, 4.69) is 25.3 Å². The van der Waals surface area contributed by atoms with Gasteiger partial charge in [-0.25, -0.2) is 0 Å². The van der Waals surface area contributed by atoms with Gasteiger partial charge in [-0.2, -0.15) is 0 Å². The van der Waals surface area contributed by atoms with Gasteiger partial charge < -0.3 is 0 Å². The smallest absolute Gasteiger partial charge is 0.0233 e. The van der Waals surface area contributed by atoms with Gasteiger partial charge in [-0.1, -0.05) is 18.4 Å². The molecule has 0 heteroatoms. The molecule has 0 fully saturated rings. The molecule has 0 spiro atoms. The normalized spacial score (nSPS) is 6.88. The van der Waals surface area contributed by atoms with Crippen LogP contribution in [0.3, 0.4) is 0 Å². The molecule has 0 aromatic heterocycles. The Kier molecular flexibility index (Phi) is 4.07. The third-order valence-electron chi connectivity index (χ3n) is 0.960. The van der Waals surface area contributed by atoms with Gasteiger partial charge in [0.2, 0.25) is 0 Å². The summed E-state index contributed by atoms with van der Waals surface area (Å²) in [6.45, 7) is 6.10. The quantitative estimate of drug-likeness (QED) is 0.453. The molecule has 0 atom stereocenters. The van der Waals surface area contributed by atoms with Crippen molar-refractivity contribution in [3.63, 3.8) is 0 Å². The fourth-order valence-electron chi connectivity index (χ4n) is 0.284. The lowest BCUT2D eigenvalue weighted by molar-refractivity contribution is 1.11. The van der Waals surface area contributed by atoms with Crippen LogP contribution in [0, 0.1) is 0 Å². The summed E-state index contributed by atoms with van der Waals surface area (Å²) < 4.78 is 0. The molecule has 0 bridgehead atoms. The summed E-state index contributed by atoms with van der Waals surface area (Å²) in [5.74, 6) is 0. The van der Waals surface area contributed by atoms with E-state index in [1.54, 1.807) is 0 Å². The minimum absolute atomic E-state index is 1.07. The second-order valence-electron chi connectivity index (χ2n) is 1.69.